The minimum absolute atomic E-state index is 0.205. The van der Waals surface area contributed by atoms with Gasteiger partial charge in [-0.25, -0.2) is 0 Å². The Balaban J connectivity index is 2.51. The summed E-state index contributed by atoms with van der Waals surface area (Å²) >= 11 is 0. The topological polar surface area (TPSA) is 57.6 Å². The van der Waals surface area contributed by atoms with Crippen molar-refractivity contribution in [2.24, 2.45) is 17.3 Å². The Bertz CT molecular complexity index is 412. The fourth-order valence-corrected chi connectivity index (χ4v) is 2.96. The summed E-state index contributed by atoms with van der Waals surface area (Å²) in [4.78, 5) is 25.9. The van der Waals surface area contributed by atoms with Crippen molar-refractivity contribution in [1.29, 1.82) is 0 Å². The Morgan fingerprint density at radius 3 is 2.33 bits per heavy atom. The van der Waals surface area contributed by atoms with E-state index in [0.29, 0.717) is 0 Å². The fraction of sp³-hybridized carbons (Fsp3) is 0.571. The van der Waals surface area contributed by atoms with Crippen LogP contribution in [0.4, 0.5) is 0 Å². The van der Waals surface area contributed by atoms with Crippen LogP contribution in [-0.2, 0) is 9.59 Å². The molecule has 0 saturated carbocycles. The summed E-state index contributed by atoms with van der Waals surface area (Å²) in [7, 11) is 0. The van der Waals surface area contributed by atoms with E-state index in [1.54, 1.807) is 13.0 Å². The average molecular weight is 249 g/mol. The minimum atomic E-state index is -1.26. The number of amides is 2. The number of likely N-dealkylation sites (tertiary alicyclic amines) is 1. The zero-order chi connectivity index (χ0) is 13.7. The van der Waals surface area contributed by atoms with Crippen LogP contribution in [0.5, 0.6) is 0 Å². The lowest BCUT2D eigenvalue weighted by Crippen LogP contribution is -2.47. The van der Waals surface area contributed by atoms with Crippen molar-refractivity contribution >= 4 is 11.8 Å². The smallest absolute Gasteiger partial charge is 0.236 e. The van der Waals surface area contributed by atoms with E-state index in [0.717, 1.165) is 0 Å². The number of hydrogen-bond donors (Lipinski definition) is 1. The summed E-state index contributed by atoms with van der Waals surface area (Å²) in [5.74, 6) is -1.69. The first-order valence-corrected chi connectivity index (χ1v) is 6.11. The van der Waals surface area contributed by atoms with Gasteiger partial charge >= 0.3 is 0 Å². The Morgan fingerprint density at radius 2 is 1.83 bits per heavy atom. The van der Waals surface area contributed by atoms with Gasteiger partial charge in [-0.05, 0) is 12.3 Å². The first-order chi connectivity index (χ1) is 8.22. The Morgan fingerprint density at radius 1 is 1.28 bits per heavy atom. The molecule has 2 aliphatic rings. The summed E-state index contributed by atoms with van der Waals surface area (Å²) in [6.45, 7) is 9.18. The van der Waals surface area contributed by atoms with Crippen molar-refractivity contribution in [3.8, 4) is 0 Å². The van der Waals surface area contributed by atoms with Crippen molar-refractivity contribution in [2.75, 3.05) is 6.54 Å². The number of carbonyl (C=O) groups excluding carboxylic acids is 2. The van der Waals surface area contributed by atoms with E-state index in [1.165, 1.54) is 11.0 Å². The molecule has 0 spiro atoms. The highest BCUT2D eigenvalue weighted by molar-refractivity contribution is 6.06. The molecule has 0 aromatic carbocycles. The third-order valence-corrected chi connectivity index (χ3v) is 3.99. The molecule has 3 atom stereocenters. The number of rotatable bonds is 2. The first kappa shape index (κ1) is 13.0. The van der Waals surface area contributed by atoms with Gasteiger partial charge in [-0.3, -0.25) is 14.5 Å². The van der Waals surface area contributed by atoms with Crippen molar-refractivity contribution in [2.45, 2.75) is 26.4 Å². The normalized spacial score (nSPS) is 37.9. The van der Waals surface area contributed by atoms with E-state index in [1.807, 2.05) is 19.9 Å². The lowest BCUT2D eigenvalue weighted by Gasteiger charge is -2.40. The van der Waals surface area contributed by atoms with E-state index in [4.69, 9.17) is 0 Å². The monoisotopic (exact) mass is 249 g/mol. The third-order valence-electron chi connectivity index (χ3n) is 3.99. The summed E-state index contributed by atoms with van der Waals surface area (Å²) < 4.78 is 0. The van der Waals surface area contributed by atoms with Crippen LogP contribution in [0.3, 0.4) is 0 Å². The number of allylic oxidation sites excluding steroid dienone is 1. The molecule has 4 nitrogen and oxygen atoms in total. The fourth-order valence-electron chi connectivity index (χ4n) is 2.96. The van der Waals surface area contributed by atoms with Gasteiger partial charge in [0.15, 0.2) is 0 Å². The molecular formula is C14H19NO3. The summed E-state index contributed by atoms with van der Waals surface area (Å²) in [6.07, 6.45) is 5.00. The number of nitrogens with zero attached hydrogens (tertiary/aromatic N) is 1. The maximum Gasteiger partial charge on any atom is 0.236 e. The molecule has 0 aromatic rings. The molecule has 1 aliphatic heterocycles. The van der Waals surface area contributed by atoms with E-state index >= 15 is 0 Å². The molecule has 18 heavy (non-hydrogen) atoms. The Kier molecular flexibility index (Phi) is 2.74. The van der Waals surface area contributed by atoms with Crippen LogP contribution < -0.4 is 0 Å². The molecule has 98 valence electrons. The lowest BCUT2D eigenvalue weighted by atomic mass is 9.63. The third kappa shape index (κ3) is 1.63. The molecule has 0 radical (unpaired) electrons. The summed E-state index contributed by atoms with van der Waals surface area (Å²) in [5, 5.41) is 10.3. The second-order valence-corrected chi connectivity index (χ2v) is 5.91. The zero-order valence-corrected chi connectivity index (χ0v) is 11.0. The molecule has 1 fully saturated rings. The van der Waals surface area contributed by atoms with Gasteiger partial charge in [-0.1, -0.05) is 32.1 Å². The number of carbonyl (C=O) groups is 2. The van der Waals surface area contributed by atoms with E-state index in [9.17, 15) is 14.7 Å². The number of imide groups is 1. The van der Waals surface area contributed by atoms with Crippen molar-refractivity contribution < 1.29 is 14.7 Å². The van der Waals surface area contributed by atoms with Crippen LogP contribution in [-0.4, -0.2) is 34.0 Å². The molecule has 2 amide bonds. The maximum atomic E-state index is 12.4. The van der Waals surface area contributed by atoms with Gasteiger partial charge in [0.2, 0.25) is 11.8 Å². The van der Waals surface area contributed by atoms with Gasteiger partial charge < -0.3 is 5.11 Å². The van der Waals surface area contributed by atoms with E-state index < -0.39 is 22.9 Å². The second-order valence-electron chi connectivity index (χ2n) is 5.91. The van der Waals surface area contributed by atoms with Crippen LogP contribution in [0, 0.1) is 17.3 Å². The number of hydrogen-bond acceptors (Lipinski definition) is 3. The average Bonchev–Trinajstić information content (AvgIpc) is 2.52. The lowest BCUT2D eigenvalue weighted by molar-refractivity contribution is -0.140. The Hall–Kier alpha value is -1.42. The highest BCUT2D eigenvalue weighted by Crippen LogP contribution is 2.49. The van der Waals surface area contributed by atoms with Gasteiger partial charge in [0, 0.05) is 6.54 Å². The molecule has 0 aromatic heterocycles. The largest absolute Gasteiger partial charge is 0.385 e. The molecular weight excluding hydrogens is 230 g/mol. The molecule has 1 heterocycles. The van der Waals surface area contributed by atoms with Gasteiger partial charge in [0.25, 0.3) is 0 Å². The molecule has 0 unspecified atom stereocenters. The van der Waals surface area contributed by atoms with Crippen LogP contribution in [0.2, 0.25) is 0 Å². The quantitative estimate of drug-likeness (QED) is 0.589. The highest BCUT2D eigenvalue weighted by atomic mass is 16.3. The number of fused-ring (bicyclic) bond motifs is 1. The predicted molar refractivity (Wildman–Crippen MR) is 67.4 cm³/mol. The van der Waals surface area contributed by atoms with Crippen LogP contribution in [0.15, 0.2) is 24.8 Å². The number of aliphatic hydroxyl groups is 1. The molecule has 4 heteroatoms. The van der Waals surface area contributed by atoms with Gasteiger partial charge in [-0.15, -0.1) is 6.58 Å². The molecule has 0 bridgehead atoms. The zero-order valence-electron chi connectivity index (χ0n) is 11.0. The second kappa shape index (κ2) is 3.79. The van der Waals surface area contributed by atoms with Crippen LogP contribution in [0.1, 0.15) is 20.8 Å². The van der Waals surface area contributed by atoms with Crippen molar-refractivity contribution in [3.05, 3.63) is 24.8 Å². The maximum absolute atomic E-state index is 12.4. The standard InChI is InChI=1S/C14H19NO3/c1-5-8-15-11(16)9-10(12(15)17)14(4,18)7-6-13(9,2)3/h5-7,9-10,18H,1,8H2,2-4H3/t9-,10-,14-/m0/s1. The van der Waals surface area contributed by atoms with E-state index in [2.05, 4.69) is 6.58 Å². The molecule has 1 aliphatic carbocycles. The van der Waals surface area contributed by atoms with Gasteiger partial charge in [0.05, 0.1) is 17.4 Å². The summed E-state index contributed by atoms with van der Waals surface area (Å²) in [6, 6.07) is 0. The molecule has 1 saturated heterocycles. The van der Waals surface area contributed by atoms with E-state index in [-0.39, 0.29) is 18.4 Å². The summed E-state index contributed by atoms with van der Waals surface area (Å²) in [5.41, 5.74) is -1.68. The van der Waals surface area contributed by atoms with Crippen LogP contribution >= 0.6 is 0 Å². The predicted octanol–water partition coefficient (Wildman–Crippen LogP) is 1.12. The molecule has 1 N–H and O–H groups in total. The van der Waals surface area contributed by atoms with Crippen molar-refractivity contribution in [3.63, 3.8) is 0 Å². The minimum Gasteiger partial charge on any atom is -0.385 e. The SMILES string of the molecule is C=CCN1C(=O)[C@@H]2[C@@H](C1=O)[C@@](C)(O)C=CC2(C)C. The highest BCUT2D eigenvalue weighted by Gasteiger charge is 2.60. The first-order valence-electron chi connectivity index (χ1n) is 6.11. The van der Waals surface area contributed by atoms with Crippen LogP contribution in [0.25, 0.3) is 0 Å². The van der Waals surface area contributed by atoms with Gasteiger partial charge in [-0.2, -0.15) is 0 Å². The van der Waals surface area contributed by atoms with Crippen molar-refractivity contribution in [1.82, 2.24) is 4.90 Å². The Labute approximate surface area is 107 Å². The molecule has 2 rings (SSSR count). The van der Waals surface area contributed by atoms with Gasteiger partial charge in [0.1, 0.15) is 0 Å².